The highest BCUT2D eigenvalue weighted by atomic mass is 32.1. The molecular formula is C15H16FNOS. The van der Waals surface area contributed by atoms with Crippen LogP contribution in [0.1, 0.15) is 40.2 Å². The first-order valence-electron chi connectivity index (χ1n) is 6.22. The Hall–Kier alpha value is -1.68. The van der Waals surface area contributed by atoms with Crippen LogP contribution in [0.3, 0.4) is 0 Å². The summed E-state index contributed by atoms with van der Waals surface area (Å²) in [6, 6.07) is 8.72. The first kappa shape index (κ1) is 13.7. The highest BCUT2D eigenvalue weighted by Gasteiger charge is 2.18. The number of rotatable bonds is 4. The topological polar surface area (TPSA) is 29.1 Å². The van der Waals surface area contributed by atoms with Gasteiger partial charge < -0.3 is 5.32 Å². The highest BCUT2D eigenvalue weighted by Crippen LogP contribution is 2.22. The van der Waals surface area contributed by atoms with Gasteiger partial charge in [-0.25, -0.2) is 4.39 Å². The van der Waals surface area contributed by atoms with Gasteiger partial charge in [-0.05, 0) is 36.4 Å². The number of halogens is 1. The molecule has 1 aromatic carbocycles. The summed E-state index contributed by atoms with van der Waals surface area (Å²) in [6.07, 6.45) is 0.777. The Morgan fingerprint density at radius 2 is 2.16 bits per heavy atom. The fourth-order valence-electron chi connectivity index (χ4n) is 1.92. The largest absolute Gasteiger partial charge is 0.344 e. The zero-order valence-electron chi connectivity index (χ0n) is 10.9. The van der Waals surface area contributed by atoms with Gasteiger partial charge in [0.2, 0.25) is 0 Å². The number of aryl methyl sites for hydroxylation is 1. The molecule has 0 spiro atoms. The molecule has 100 valence electrons. The summed E-state index contributed by atoms with van der Waals surface area (Å²) in [4.78, 5) is 13.2. The van der Waals surface area contributed by atoms with Crippen molar-refractivity contribution in [3.8, 4) is 0 Å². The Labute approximate surface area is 116 Å². The number of carbonyl (C=O) groups excluding carboxylic acids is 1. The third-order valence-corrected chi connectivity index (χ3v) is 4.02. The second-order valence-electron chi connectivity index (χ2n) is 4.39. The molecule has 1 aromatic heterocycles. The third kappa shape index (κ3) is 3.01. The maximum atomic E-state index is 13.9. The van der Waals surface area contributed by atoms with Crippen LogP contribution in [-0.2, 0) is 0 Å². The maximum Gasteiger partial charge on any atom is 0.254 e. The second-order valence-corrected chi connectivity index (χ2v) is 5.37. The molecule has 1 heterocycles. The Balaban J connectivity index is 2.18. The molecule has 1 N–H and O–H groups in total. The molecule has 0 aliphatic heterocycles. The van der Waals surface area contributed by atoms with Crippen molar-refractivity contribution in [1.82, 2.24) is 5.32 Å². The molecule has 0 aliphatic rings. The van der Waals surface area contributed by atoms with E-state index in [0.29, 0.717) is 5.56 Å². The van der Waals surface area contributed by atoms with Crippen molar-refractivity contribution in [2.75, 3.05) is 0 Å². The molecule has 2 nitrogen and oxygen atoms in total. The monoisotopic (exact) mass is 277 g/mol. The molecule has 0 saturated heterocycles. The van der Waals surface area contributed by atoms with Gasteiger partial charge in [-0.1, -0.05) is 25.1 Å². The van der Waals surface area contributed by atoms with E-state index in [1.807, 2.05) is 24.4 Å². The molecule has 2 aromatic rings. The van der Waals surface area contributed by atoms with Gasteiger partial charge in [0.15, 0.2) is 0 Å². The van der Waals surface area contributed by atoms with Crippen LogP contribution in [-0.4, -0.2) is 5.91 Å². The van der Waals surface area contributed by atoms with Gasteiger partial charge in [0.25, 0.3) is 5.91 Å². The average molecular weight is 277 g/mol. The van der Waals surface area contributed by atoms with Crippen molar-refractivity contribution in [1.29, 1.82) is 0 Å². The summed E-state index contributed by atoms with van der Waals surface area (Å²) in [6.45, 7) is 3.65. The van der Waals surface area contributed by atoms with E-state index in [4.69, 9.17) is 0 Å². The predicted molar refractivity (Wildman–Crippen MR) is 76.0 cm³/mol. The normalized spacial score (nSPS) is 12.2. The summed E-state index contributed by atoms with van der Waals surface area (Å²) >= 11 is 1.59. The third-order valence-electron chi connectivity index (χ3n) is 3.04. The van der Waals surface area contributed by atoms with E-state index in [0.717, 1.165) is 11.3 Å². The van der Waals surface area contributed by atoms with Crippen LogP contribution in [0.25, 0.3) is 0 Å². The highest BCUT2D eigenvalue weighted by molar-refractivity contribution is 7.10. The van der Waals surface area contributed by atoms with Crippen molar-refractivity contribution in [2.24, 2.45) is 0 Å². The van der Waals surface area contributed by atoms with Crippen LogP contribution in [0.5, 0.6) is 0 Å². The predicted octanol–water partition coefficient (Wildman–Crippen LogP) is 4.08. The van der Waals surface area contributed by atoms with E-state index >= 15 is 0 Å². The molecule has 0 aliphatic carbocycles. The Bertz CT molecular complexity index is 566. The fraction of sp³-hybridized carbons (Fsp3) is 0.267. The van der Waals surface area contributed by atoms with Crippen molar-refractivity contribution in [2.45, 2.75) is 26.3 Å². The van der Waals surface area contributed by atoms with Crippen LogP contribution < -0.4 is 5.32 Å². The Morgan fingerprint density at radius 1 is 1.37 bits per heavy atom. The standard InChI is InChI=1S/C15H16FNOS/c1-3-12(13-8-5-9-19-13)17-15(18)11-7-4-6-10(2)14(11)16/h4-9,12H,3H2,1-2H3,(H,17,18). The molecule has 19 heavy (non-hydrogen) atoms. The number of carbonyl (C=O) groups is 1. The summed E-state index contributed by atoms with van der Waals surface area (Å²) in [5.41, 5.74) is 0.590. The molecule has 0 radical (unpaired) electrons. The van der Waals surface area contributed by atoms with Gasteiger partial charge in [0, 0.05) is 4.88 Å². The number of benzene rings is 1. The molecule has 0 fully saturated rings. The Morgan fingerprint density at radius 3 is 2.79 bits per heavy atom. The Kier molecular flexibility index (Phi) is 4.32. The number of nitrogens with one attached hydrogen (secondary N) is 1. The molecule has 1 amide bonds. The number of amides is 1. The zero-order chi connectivity index (χ0) is 13.8. The van der Waals surface area contributed by atoms with Gasteiger partial charge in [0.05, 0.1) is 11.6 Å². The molecule has 0 bridgehead atoms. The van der Waals surface area contributed by atoms with Crippen LogP contribution in [0.4, 0.5) is 4.39 Å². The van der Waals surface area contributed by atoms with Gasteiger partial charge in [0.1, 0.15) is 5.82 Å². The number of hydrogen-bond donors (Lipinski definition) is 1. The molecule has 1 unspecified atom stereocenters. The lowest BCUT2D eigenvalue weighted by Crippen LogP contribution is -2.28. The van der Waals surface area contributed by atoms with E-state index in [1.54, 1.807) is 30.4 Å². The number of hydrogen-bond acceptors (Lipinski definition) is 2. The minimum Gasteiger partial charge on any atom is -0.344 e. The quantitative estimate of drug-likeness (QED) is 0.896. The van der Waals surface area contributed by atoms with Gasteiger partial charge >= 0.3 is 0 Å². The fourth-order valence-corrected chi connectivity index (χ4v) is 2.78. The van der Waals surface area contributed by atoms with Gasteiger partial charge in [-0.3, -0.25) is 4.79 Å². The summed E-state index contributed by atoms with van der Waals surface area (Å²) in [5, 5.41) is 4.85. The van der Waals surface area contributed by atoms with Gasteiger partial charge in [-0.15, -0.1) is 11.3 Å². The van der Waals surface area contributed by atoms with E-state index in [1.165, 1.54) is 6.07 Å². The first-order valence-corrected chi connectivity index (χ1v) is 7.10. The van der Waals surface area contributed by atoms with Crippen LogP contribution in [0, 0.1) is 12.7 Å². The number of thiophene rings is 1. The van der Waals surface area contributed by atoms with E-state index in [-0.39, 0.29) is 17.5 Å². The van der Waals surface area contributed by atoms with Gasteiger partial charge in [-0.2, -0.15) is 0 Å². The van der Waals surface area contributed by atoms with Crippen molar-refractivity contribution >= 4 is 17.2 Å². The molecule has 2 rings (SSSR count). The maximum absolute atomic E-state index is 13.9. The lowest BCUT2D eigenvalue weighted by atomic mass is 10.1. The summed E-state index contributed by atoms with van der Waals surface area (Å²) in [7, 11) is 0. The summed E-state index contributed by atoms with van der Waals surface area (Å²) < 4.78 is 13.9. The lowest BCUT2D eigenvalue weighted by molar-refractivity contribution is 0.0932. The second kappa shape index (κ2) is 5.97. The van der Waals surface area contributed by atoms with Crippen molar-refractivity contribution in [3.63, 3.8) is 0 Å². The van der Waals surface area contributed by atoms with E-state index in [2.05, 4.69) is 5.32 Å². The van der Waals surface area contributed by atoms with Crippen molar-refractivity contribution < 1.29 is 9.18 Å². The van der Waals surface area contributed by atoms with Crippen molar-refractivity contribution in [3.05, 3.63) is 57.5 Å². The smallest absolute Gasteiger partial charge is 0.254 e. The minimum absolute atomic E-state index is 0.0626. The molecule has 4 heteroatoms. The SMILES string of the molecule is CCC(NC(=O)c1cccc(C)c1F)c1cccs1. The minimum atomic E-state index is -0.443. The average Bonchev–Trinajstić information content (AvgIpc) is 2.92. The lowest BCUT2D eigenvalue weighted by Gasteiger charge is -2.16. The molecule has 0 saturated carbocycles. The van der Waals surface area contributed by atoms with Crippen LogP contribution in [0.2, 0.25) is 0 Å². The van der Waals surface area contributed by atoms with E-state index < -0.39 is 5.82 Å². The molecule has 1 atom stereocenters. The van der Waals surface area contributed by atoms with E-state index in [9.17, 15) is 9.18 Å². The first-order chi connectivity index (χ1) is 9.13. The van der Waals surface area contributed by atoms with Crippen LogP contribution >= 0.6 is 11.3 Å². The molecular weight excluding hydrogens is 261 g/mol. The zero-order valence-corrected chi connectivity index (χ0v) is 11.8. The summed E-state index contributed by atoms with van der Waals surface area (Å²) in [5.74, 6) is -0.803. The van der Waals surface area contributed by atoms with Crippen LogP contribution in [0.15, 0.2) is 35.7 Å².